The van der Waals surface area contributed by atoms with Crippen LogP contribution in [-0.4, -0.2) is 16.8 Å². The van der Waals surface area contributed by atoms with Crippen LogP contribution in [0.15, 0.2) is 66.7 Å². The first-order valence-electron chi connectivity index (χ1n) is 9.15. The highest BCUT2D eigenvalue weighted by molar-refractivity contribution is 7.22. The molecular formula is C23H19N3O2S. The van der Waals surface area contributed by atoms with Gasteiger partial charge in [-0.3, -0.25) is 14.9 Å². The summed E-state index contributed by atoms with van der Waals surface area (Å²) in [5.41, 5.74) is 4.50. The Kier molecular flexibility index (Phi) is 5.10. The lowest BCUT2D eigenvalue weighted by Crippen LogP contribution is -2.15. The van der Waals surface area contributed by atoms with Gasteiger partial charge in [-0.2, -0.15) is 0 Å². The smallest absolute Gasteiger partial charge is 0.257 e. The van der Waals surface area contributed by atoms with Crippen LogP contribution >= 0.6 is 11.3 Å². The summed E-state index contributed by atoms with van der Waals surface area (Å²) < 4.78 is 1.03. The lowest BCUT2D eigenvalue weighted by molar-refractivity contribution is 0.101. The van der Waals surface area contributed by atoms with E-state index in [0.29, 0.717) is 21.9 Å². The van der Waals surface area contributed by atoms with E-state index >= 15 is 0 Å². The molecule has 4 rings (SSSR count). The van der Waals surface area contributed by atoms with Crippen LogP contribution in [0.3, 0.4) is 0 Å². The van der Waals surface area contributed by atoms with Gasteiger partial charge >= 0.3 is 0 Å². The number of amides is 2. The van der Waals surface area contributed by atoms with Crippen molar-refractivity contribution in [1.82, 2.24) is 4.98 Å². The van der Waals surface area contributed by atoms with Crippen LogP contribution in [0.4, 0.5) is 10.8 Å². The fourth-order valence-electron chi connectivity index (χ4n) is 2.94. The number of carbonyl (C=O) groups is 2. The van der Waals surface area contributed by atoms with E-state index in [2.05, 4.69) is 15.6 Å². The summed E-state index contributed by atoms with van der Waals surface area (Å²) in [6, 6.07) is 20.2. The van der Waals surface area contributed by atoms with Gasteiger partial charge in [-0.15, -0.1) is 0 Å². The third kappa shape index (κ3) is 4.17. The molecule has 0 aliphatic heterocycles. The average Bonchev–Trinajstić information content (AvgIpc) is 3.11. The second-order valence-electron chi connectivity index (χ2n) is 6.79. The topological polar surface area (TPSA) is 71.1 Å². The molecule has 4 aromatic rings. The van der Waals surface area contributed by atoms with E-state index in [9.17, 15) is 9.59 Å². The highest BCUT2D eigenvalue weighted by Gasteiger charge is 2.13. The number of carbonyl (C=O) groups excluding carboxylic acids is 2. The van der Waals surface area contributed by atoms with Gasteiger partial charge in [0, 0.05) is 16.8 Å². The molecule has 0 aliphatic rings. The van der Waals surface area contributed by atoms with Gasteiger partial charge in [-0.25, -0.2) is 4.98 Å². The first-order chi connectivity index (χ1) is 14.0. The molecule has 144 valence electrons. The Labute approximate surface area is 172 Å². The molecule has 1 aromatic heterocycles. The van der Waals surface area contributed by atoms with Crippen LogP contribution < -0.4 is 10.6 Å². The zero-order valence-electron chi connectivity index (χ0n) is 16.0. The van der Waals surface area contributed by atoms with Crippen molar-refractivity contribution < 1.29 is 9.59 Å². The standard InChI is InChI=1S/C23H19N3O2S/c1-14-8-11-18-20(12-14)29-23(25-18)26-22(28)17-10-9-15(2)19(13-17)24-21(27)16-6-4-3-5-7-16/h3-13H,1-2H3,(H,24,27)(H,25,26,28). The van der Waals surface area contributed by atoms with Crippen LogP contribution in [0, 0.1) is 13.8 Å². The van der Waals surface area contributed by atoms with Crippen LogP contribution in [0.25, 0.3) is 10.2 Å². The quantitative estimate of drug-likeness (QED) is 0.480. The summed E-state index contributed by atoms with van der Waals surface area (Å²) in [5, 5.41) is 6.28. The molecule has 0 atom stereocenters. The molecule has 1 heterocycles. The number of nitrogens with zero attached hydrogens (tertiary/aromatic N) is 1. The number of hydrogen-bond acceptors (Lipinski definition) is 4. The lowest BCUT2D eigenvalue weighted by atomic mass is 10.1. The Hall–Kier alpha value is -3.51. The van der Waals surface area contributed by atoms with Gasteiger partial charge in [-0.05, 0) is 61.4 Å². The molecule has 29 heavy (non-hydrogen) atoms. The van der Waals surface area contributed by atoms with E-state index in [0.717, 1.165) is 21.3 Å². The van der Waals surface area contributed by atoms with Crippen molar-refractivity contribution in [3.8, 4) is 0 Å². The van der Waals surface area contributed by atoms with Crippen molar-refractivity contribution in [3.05, 3.63) is 89.0 Å². The Balaban J connectivity index is 1.54. The van der Waals surface area contributed by atoms with E-state index < -0.39 is 0 Å². The second-order valence-corrected chi connectivity index (χ2v) is 7.82. The number of anilines is 2. The predicted molar refractivity (Wildman–Crippen MR) is 118 cm³/mol. The molecule has 0 fully saturated rings. The van der Waals surface area contributed by atoms with Crippen molar-refractivity contribution in [3.63, 3.8) is 0 Å². The molecule has 0 saturated heterocycles. The first-order valence-corrected chi connectivity index (χ1v) is 9.97. The van der Waals surface area contributed by atoms with Gasteiger partial charge < -0.3 is 5.32 Å². The fourth-order valence-corrected chi connectivity index (χ4v) is 3.90. The third-order valence-electron chi connectivity index (χ3n) is 4.55. The van der Waals surface area contributed by atoms with E-state index in [4.69, 9.17) is 0 Å². The number of hydrogen-bond donors (Lipinski definition) is 2. The monoisotopic (exact) mass is 401 g/mol. The number of nitrogens with one attached hydrogen (secondary N) is 2. The highest BCUT2D eigenvalue weighted by atomic mass is 32.1. The third-order valence-corrected chi connectivity index (χ3v) is 5.48. The maximum Gasteiger partial charge on any atom is 0.257 e. The minimum atomic E-state index is -0.268. The van der Waals surface area contributed by atoms with E-state index in [1.165, 1.54) is 11.3 Å². The van der Waals surface area contributed by atoms with Crippen LogP contribution in [0.2, 0.25) is 0 Å². The van der Waals surface area contributed by atoms with Gasteiger partial charge in [-0.1, -0.05) is 41.7 Å². The average molecular weight is 401 g/mol. The van der Waals surface area contributed by atoms with Gasteiger partial charge in [0.05, 0.1) is 10.2 Å². The number of rotatable bonds is 4. The number of fused-ring (bicyclic) bond motifs is 1. The Morgan fingerprint density at radius 1 is 0.828 bits per heavy atom. The van der Waals surface area contributed by atoms with Crippen LogP contribution in [-0.2, 0) is 0 Å². The van der Waals surface area contributed by atoms with Gasteiger partial charge in [0.25, 0.3) is 11.8 Å². The molecule has 0 aliphatic carbocycles. The SMILES string of the molecule is Cc1ccc2nc(NC(=O)c3ccc(C)c(NC(=O)c4ccccc4)c3)sc2c1. The van der Waals surface area contributed by atoms with Crippen LogP contribution in [0.5, 0.6) is 0 Å². The summed E-state index contributed by atoms with van der Waals surface area (Å²) in [4.78, 5) is 29.6. The zero-order valence-corrected chi connectivity index (χ0v) is 16.8. The van der Waals surface area contributed by atoms with Crippen molar-refractivity contribution in [2.75, 3.05) is 10.6 Å². The molecule has 6 heteroatoms. The van der Waals surface area contributed by atoms with E-state index in [1.807, 2.05) is 56.3 Å². The summed E-state index contributed by atoms with van der Waals surface area (Å²) in [7, 11) is 0. The zero-order chi connectivity index (χ0) is 20.4. The number of aryl methyl sites for hydroxylation is 2. The summed E-state index contributed by atoms with van der Waals surface area (Å²) >= 11 is 1.44. The first kappa shape index (κ1) is 18.8. The molecule has 2 amide bonds. The minimum Gasteiger partial charge on any atom is -0.322 e. The van der Waals surface area contributed by atoms with Gasteiger partial charge in [0.2, 0.25) is 0 Å². The van der Waals surface area contributed by atoms with E-state index in [-0.39, 0.29) is 11.8 Å². The maximum absolute atomic E-state index is 12.7. The van der Waals surface area contributed by atoms with Crippen molar-refractivity contribution in [2.24, 2.45) is 0 Å². The Morgan fingerprint density at radius 3 is 2.38 bits per heavy atom. The maximum atomic E-state index is 12.7. The van der Waals surface area contributed by atoms with E-state index in [1.54, 1.807) is 24.3 Å². The molecule has 2 N–H and O–H groups in total. The molecule has 0 bridgehead atoms. The van der Waals surface area contributed by atoms with Crippen LogP contribution in [0.1, 0.15) is 31.8 Å². The summed E-state index contributed by atoms with van der Waals surface area (Å²) in [6.45, 7) is 3.91. The molecule has 0 saturated carbocycles. The molecule has 3 aromatic carbocycles. The van der Waals surface area contributed by atoms with Gasteiger partial charge in [0.1, 0.15) is 0 Å². The molecule has 5 nitrogen and oxygen atoms in total. The predicted octanol–water partition coefficient (Wildman–Crippen LogP) is 5.42. The van der Waals surface area contributed by atoms with Crippen molar-refractivity contribution >= 4 is 44.2 Å². The largest absolute Gasteiger partial charge is 0.322 e. The molecule has 0 spiro atoms. The Morgan fingerprint density at radius 2 is 1.59 bits per heavy atom. The van der Waals surface area contributed by atoms with Gasteiger partial charge in [0.15, 0.2) is 5.13 Å². The van der Waals surface area contributed by atoms with Crippen molar-refractivity contribution in [2.45, 2.75) is 13.8 Å². The number of aromatic nitrogens is 1. The minimum absolute atomic E-state index is 0.215. The molecular weight excluding hydrogens is 382 g/mol. The van der Waals surface area contributed by atoms with Crippen molar-refractivity contribution in [1.29, 1.82) is 0 Å². The lowest BCUT2D eigenvalue weighted by Gasteiger charge is -2.10. The fraction of sp³-hybridized carbons (Fsp3) is 0.0870. The summed E-state index contributed by atoms with van der Waals surface area (Å²) in [6.07, 6.45) is 0. The molecule has 0 unspecified atom stereocenters. The normalized spacial score (nSPS) is 10.7. The second kappa shape index (κ2) is 7.85. The highest BCUT2D eigenvalue weighted by Crippen LogP contribution is 2.27. The summed E-state index contributed by atoms with van der Waals surface area (Å²) in [5.74, 6) is -0.483. The Bertz CT molecular complexity index is 1220. The number of benzene rings is 3. The molecule has 0 radical (unpaired) electrons. The number of thiazole rings is 1.